The molecule has 0 aromatic heterocycles. The molecule has 26 heavy (non-hydrogen) atoms. The maximum Gasteiger partial charge on any atom is 0.229 e. The summed E-state index contributed by atoms with van der Waals surface area (Å²) in [4.78, 5) is 26.8. The molecule has 0 unspecified atom stereocenters. The number of para-hydroxylation sites is 1. The van der Waals surface area contributed by atoms with Gasteiger partial charge in [0.25, 0.3) is 0 Å². The molecule has 136 valence electrons. The Hall–Kier alpha value is -2.33. The van der Waals surface area contributed by atoms with Crippen LogP contribution in [0.2, 0.25) is 5.02 Å². The van der Waals surface area contributed by atoms with Gasteiger partial charge in [0, 0.05) is 30.2 Å². The van der Waals surface area contributed by atoms with Gasteiger partial charge in [-0.1, -0.05) is 54.9 Å². The van der Waals surface area contributed by atoms with E-state index < -0.39 is 0 Å². The van der Waals surface area contributed by atoms with Crippen molar-refractivity contribution in [2.24, 2.45) is 5.92 Å². The summed E-state index contributed by atoms with van der Waals surface area (Å²) in [5.74, 6) is -0.441. The van der Waals surface area contributed by atoms with Crippen molar-refractivity contribution >= 4 is 29.1 Å². The molecule has 1 aliphatic rings. The zero-order chi connectivity index (χ0) is 18.7. The van der Waals surface area contributed by atoms with Crippen LogP contribution in [0.3, 0.4) is 0 Å². The maximum absolute atomic E-state index is 12.7. The Balaban J connectivity index is 1.69. The van der Waals surface area contributed by atoms with Gasteiger partial charge in [-0.05, 0) is 36.1 Å². The van der Waals surface area contributed by atoms with Crippen LogP contribution in [0.5, 0.6) is 0 Å². The van der Waals surface area contributed by atoms with Crippen LogP contribution < -0.4 is 5.32 Å². The molecule has 4 nitrogen and oxygen atoms in total. The lowest BCUT2D eigenvalue weighted by Gasteiger charge is -2.18. The molecule has 1 aliphatic heterocycles. The lowest BCUT2D eigenvalue weighted by atomic mass is 10.0. The Bertz CT molecular complexity index is 835. The van der Waals surface area contributed by atoms with E-state index in [2.05, 4.69) is 12.2 Å². The van der Waals surface area contributed by atoms with Crippen LogP contribution >= 0.6 is 11.6 Å². The molecule has 1 heterocycles. The van der Waals surface area contributed by atoms with Gasteiger partial charge in [-0.3, -0.25) is 9.59 Å². The summed E-state index contributed by atoms with van der Waals surface area (Å²) in [6, 6.07) is 13.5. The molecular weight excluding hydrogens is 348 g/mol. The first-order chi connectivity index (χ1) is 12.5. The first kappa shape index (κ1) is 18.5. The summed E-state index contributed by atoms with van der Waals surface area (Å²) in [6.07, 6.45) is 1.09. The number of carbonyl (C=O) groups excluding carboxylic acids is 2. The van der Waals surface area contributed by atoms with Crippen molar-refractivity contribution in [3.05, 3.63) is 64.2 Å². The molecule has 0 bridgehead atoms. The number of rotatable bonds is 5. The van der Waals surface area contributed by atoms with E-state index in [1.54, 1.807) is 4.90 Å². The van der Waals surface area contributed by atoms with Crippen molar-refractivity contribution in [2.45, 2.75) is 33.2 Å². The van der Waals surface area contributed by atoms with Crippen molar-refractivity contribution in [3.63, 3.8) is 0 Å². The average molecular weight is 371 g/mol. The van der Waals surface area contributed by atoms with Crippen LogP contribution in [-0.2, 0) is 22.6 Å². The van der Waals surface area contributed by atoms with Crippen LogP contribution in [0, 0.1) is 12.8 Å². The van der Waals surface area contributed by atoms with Gasteiger partial charge >= 0.3 is 0 Å². The summed E-state index contributed by atoms with van der Waals surface area (Å²) in [7, 11) is 0. The molecule has 2 aromatic carbocycles. The van der Waals surface area contributed by atoms with Crippen molar-refractivity contribution in [2.75, 3.05) is 11.9 Å². The number of anilines is 1. The number of amides is 2. The van der Waals surface area contributed by atoms with Crippen LogP contribution in [0.15, 0.2) is 42.5 Å². The molecule has 1 saturated heterocycles. The lowest BCUT2D eigenvalue weighted by Crippen LogP contribution is -2.28. The number of hydrogen-bond donors (Lipinski definition) is 1. The Labute approximate surface area is 159 Å². The fourth-order valence-corrected chi connectivity index (χ4v) is 3.56. The number of likely N-dealkylation sites (tertiary alicyclic amines) is 1. The second kappa shape index (κ2) is 7.92. The molecular formula is C21H23ClN2O2. The van der Waals surface area contributed by atoms with E-state index in [1.807, 2.05) is 49.4 Å². The van der Waals surface area contributed by atoms with E-state index in [1.165, 1.54) is 0 Å². The van der Waals surface area contributed by atoms with Crippen LogP contribution in [0.4, 0.5) is 5.69 Å². The highest BCUT2D eigenvalue weighted by Crippen LogP contribution is 2.26. The number of nitrogens with one attached hydrogen (secondary N) is 1. The Kier molecular flexibility index (Phi) is 5.62. The van der Waals surface area contributed by atoms with Gasteiger partial charge in [0.15, 0.2) is 0 Å². The summed E-state index contributed by atoms with van der Waals surface area (Å²) in [5, 5.41) is 3.68. The minimum absolute atomic E-state index is 0.00873. The molecule has 0 saturated carbocycles. The van der Waals surface area contributed by atoms with E-state index in [9.17, 15) is 9.59 Å². The second-order valence-electron chi connectivity index (χ2n) is 6.72. The molecule has 0 spiro atoms. The third-order valence-electron chi connectivity index (χ3n) is 4.89. The fourth-order valence-electron chi connectivity index (χ4n) is 3.36. The molecule has 0 aliphatic carbocycles. The first-order valence-electron chi connectivity index (χ1n) is 8.90. The zero-order valence-corrected chi connectivity index (χ0v) is 15.8. The highest BCUT2D eigenvalue weighted by atomic mass is 35.5. The maximum atomic E-state index is 12.7. The number of nitrogens with zero attached hydrogens (tertiary/aromatic N) is 1. The number of hydrogen-bond acceptors (Lipinski definition) is 2. The average Bonchev–Trinajstić information content (AvgIpc) is 2.99. The number of halogens is 1. The zero-order valence-electron chi connectivity index (χ0n) is 15.1. The number of carbonyl (C=O) groups is 2. The van der Waals surface area contributed by atoms with Crippen molar-refractivity contribution < 1.29 is 9.59 Å². The van der Waals surface area contributed by atoms with Gasteiger partial charge in [0.2, 0.25) is 11.8 Å². The van der Waals surface area contributed by atoms with Crippen molar-refractivity contribution in [1.82, 2.24) is 4.90 Å². The standard InChI is InChI=1S/C21H23ClN2O2/c1-3-15-9-6-7-14(2)20(15)23-21(26)17-11-19(25)24(13-17)12-16-8-4-5-10-18(16)22/h4-10,17H,3,11-13H2,1-2H3,(H,23,26)/t17-/m1/s1. The molecule has 1 fully saturated rings. The van der Waals surface area contributed by atoms with E-state index in [-0.39, 0.29) is 24.2 Å². The number of aryl methyl sites for hydroxylation is 2. The molecule has 2 amide bonds. The largest absolute Gasteiger partial charge is 0.337 e. The first-order valence-corrected chi connectivity index (χ1v) is 9.28. The van der Waals surface area contributed by atoms with Gasteiger partial charge < -0.3 is 10.2 Å². The lowest BCUT2D eigenvalue weighted by molar-refractivity contribution is -0.128. The predicted octanol–water partition coefficient (Wildman–Crippen LogP) is 4.20. The van der Waals surface area contributed by atoms with E-state index in [0.717, 1.165) is 28.8 Å². The Morgan fingerprint density at radius 3 is 2.65 bits per heavy atom. The van der Waals surface area contributed by atoms with Gasteiger partial charge in [-0.25, -0.2) is 0 Å². The van der Waals surface area contributed by atoms with Gasteiger partial charge in [0.1, 0.15) is 0 Å². The predicted molar refractivity (Wildman–Crippen MR) is 104 cm³/mol. The Morgan fingerprint density at radius 2 is 1.92 bits per heavy atom. The van der Waals surface area contributed by atoms with Crippen LogP contribution in [-0.4, -0.2) is 23.3 Å². The summed E-state index contributed by atoms with van der Waals surface area (Å²) < 4.78 is 0. The monoisotopic (exact) mass is 370 g/mol. The van der Waals surface area contributed by atoms with Gasteiger partial charge in [0.05, 0.1) is 5.92 Å². The summed E-state index contributed by atoms with van der Waals surface area (Å²) >= 11 is 6.19. The summed E-state index contributed by atoms with van der Waals surface area (Å²) in [5.41, 5.74) is 3.92. The molecule has 3 rings (SSSR count). The minimum Gasteiger partial charge on any atom is -0.337 e. The SMILES string of the molecule is CCc1cccc(C)c1NC(=O)[C@@H]1CC(=O)N(Cc2ccccc2Cl)C1. The van der Waals surface area contributed by atoms with Crippen molar-refractivity contribution in [1.29, 1.82) is 0 Å². The topological polar surface area (TPSA) is 49.4 Å². The molecule has 1 N–H and O–H groups in total. The van der Waals surface area contributed by atoms with E-state index >= 15 is 0 Å². The minimum atomic E-state index is -0.339. The smallest absolute Gasteiger partial charge is 0.229 e. The van der Waals surface area contributed by atoms with Crippen LogP contribution in [0.25, 0.3) is 0 Å². The summed E-state index contributed by atoms with van der Waals surface area (Å²) in [6.45, 7) is 4.91. The van der Waals surface area contributed by atoms with Gasteiger partial charge in [-0.15, -0.1) is 0 Å². The third-order valence-corrected chi connectivity index (χ3v) is 5.26. The number of benzene rings is 2. The van der Waals surface area contributed by atoms with Crippen molar-refractivity contribution in [3.8, 4) is 0 Å². The second-order valence-corrected chi connectivity index (χ2v) is 7.13. The molecule has 5 heteroatoms. The highest BCUT2D eigenvalue weighted by Gasteiger charge is 2.34. The van der Waals surface area contributed by atoms with E-state index in [0.29, 0.717) is 18.1 Å². The highest BCUT2D eigenvalue weighted by molar-refractivity contribution is 6.31. The molecule has 1 atom stereocenters. The fraction of sp³-hybridized carbons (Fsp3) is 0.333. The van der Waals surface area contributed by atoms with Gasteiger partial charge in [-0.2, -0.15) is 0 Å². The van der Waals surface area contributed by atoms with E-state index in [4.69, 9.17) is 11.6 Å². The van der Waals surface area contributed by atoms with Crippen LogP contribution in [0.1, 0.15) is 30.0 Å². The molecule has 2 aromatic rings. The third kappa shape index (κ3) is 3.91. The normalized spacial score (nSPS) is 16.8. The Morgan fingerprint density at radius 1 is 1.19 bits per heavy atom. The molecule has 0 radical (unpaired) electrons. The quantitative estimate of drug-likeness (QED) is 0.857.